The number of hydrogen-bond acceptors (Lipinski definition) is 7. The van der Waals surface area contributed by atoms with E-state index in [4.69, 9.17) is 27.4 Å². The summed E-state index contributed by atoms with van der Waals surface area (Å²) in [7, 11) is 0. The summed E-state index contributed by atoms with van der Waals surface area (Å²) in [6.07, 6.45) is -1.68. The lowest BCUT2D eigenvalue weighted by Crippen LogP contribution is -2.58. The van der Waals surface area contributed by atoms with Crippen LogP contribution in [0.4, 0.5) is 0 Å². The largest absolute Gasteiger partial charge is 0.481 e. The molecule has 0 aliphatic rings. The van der Waals surface area contributed by atoms with E-state index < -0.39 is 54.4 Å². The average Bonchev–Trinajstić information content (AvgIpc) is 2.54. The molecular weight excluding hydrogens is 364 g/mol. The van der Waals surface area contributed by atoms with Crippen LogP contribution in [0, 0.1) is 0 Å². The van der Waals surface area contributed by atoms with Gasteiger partial charge < -0.3 is 43.2 Å². The van der Waals surface area contributed by atoms with Crippen LogP contribution >= 0.6 is 0 Å². The maximum absolute atomic E-state index is 12.1. The number of carboxylic acid groups (broad SMARTS) is 2. The standard InChI is InChI=1S/C14H26N6O7/c1-6(21)10(12(25)19-8(13(26)27)5-9(22)23)20-11(24)7(15)3-2-4-18-14(16)17/h6-8,10,21H,2-5,15H2,1H3,(H,19,25)(H,20,24)(H,22,23)(H,26,27)(H4,16,17,18). The lowest BCUT2D eigenvalue weighted by molar-refractivity contribution is -0.147. The fourth-order valence-electron chi connectivity index (χ4n) is 1.95. The first kappa shape index (κ1) is 24.1. The van der Waals surface area contributed by atoms with Gasteiger partial charge in [0.2, 0.25) is 11.8 Å². The summed E-state index contributed by atoms with van der Waals surface area (Å²) in [4.78, 5) is 49.6. The number of hydrogen-bond donors (Lipinski definition) is 8. The number of aliphatic hydroxyl groups is 1. The Morgan fingerprint density at radius 3 is 2.11 bits per heavy atom. The number of guanidine groups is 1. The summed E-state index contributed by atoms with van der Waals surface area (Å²) in [5.74, 6) is -4.93. The normalized spacial score (nSPS) is 14.9. The number of carboxylic acids is 2. The Balaban J connectivity index is 4.83. The van der Waals surface area contributed by atoms with Crippen molar-refractivity contribution in [2.45, 2.75) is 50.4 Å². The predicted molar refractivity (Wildman–Crippen MR) is 93.3 cm³/mol. The van der Waals surface area contributed by atoms with Crippen molar-refractivity contribution < 1.29 is 34.5 Å². The molecule has 0 aromatic heterocycles. The molecule has 0 saturated heterocycles. The molecule has 0 radical (unpaired) electrons. The highest BCUT2D eigenvalue weighted by atomic mass is 16.4. The van der Waals surface area contributed by atoms with Crippen LogP contribution in [0.2, 0.25) is 0 Å². The van der Waals surface area contributed by atoms with E-state index in [0.717, 1.165) is 0 Å². The zero-order valence-electron chi connectivity index (χ0n) is 14.8. The van der Waals surface area contributed by atoms with Crippen LogP contribution in [0.5, 0.6) is 0 Å². The number of rotatable bonds is 12. The molecule has 154 valence electrons. The van der Waals surface area contributed by atoms with Crippen molar-refractivity contribution in [1.82, 2.24) is 10.6 Å². The number of nitrogens with zero attached hydrogens (tertiary/aromatic N) is 1. The maximum Gasteiger partial charge on any atom is 0.326 e. The first-order chi connectivity index (χ1) is 12.5. The molecule has 13 heteroatoms. The second-order valence-electron chi connectivity index (χ2n) is 5.78. The van der Waals surface area contributed by atoms with E-state index in [0.29, 0.717) is 6.42 Å². The third kappa shape index (κ3) is 9.96. The summed E-state index contributed by atoms with van der Waals surface area (Å²) in [6, 6.07) is -4.26. The van der Waals surface area contributed by atoms with Gasteiger partial charge in [0, 0.05) is 6.54 Å². The van der Waals surface area contributed by atoms with Gasteiger partial charge in [-0.1, -0.05) is 0 Å². The maximum atomic E-state index is 12.1. The van der Waals surface area contributed by atoms with Gasteiger partial charge in [-0.05, 0) is 19.8 Å². The Morgan fingerprint density at radius 1 is 1.07 bits per heavy atom. The van der Waals surface area contributed by atoms with E-state index >= 15 is 0 Å². The number of amides is 2. The smallest absolute Gasteiger partial charge is 0.326 e. The predicted octanol–water partition coefficient (Wildman–Crippen LogP) is -3.72. The highest BCUT2D eigenvalue weighted by molar-refractivity contribution is 5.93. The Bertz CT molecular complexity index is 576. The summed E-state index contributed by atoms with van der Waals surface area (Å²) in [6.45, 7) is 1.45. The van der Waals surface area contributed by atoms with E-state index in [-0.39, 0.29) is 18.9 Å². The topological polar surface area (TPSA) is 243 Å². The van der Waals surface area contributed by atoms with Gasteiger partial charge in [0.1, 0.15) is 12.1 Å². The molecule has 0 aromatic carbocycles. The molecule has 0 fully saturated rings. The van der Waals surface area contributed by atoms with Crippen LogP contribution < -0.4 is 27.8 Å². The van der Waals surface area contributed by atoms with Crippen LogP contribution in [0.1, 0.15) is 26.2 Å². The molecule has 0 heterocycles. The van der Waals surface area contributed by atoms with Crippen LogP contribution in [-0.4, -0.2) is 75.8 Å². The lowest BCUT2D eigenvalue weighted by atomic mass is 10.1. The van der Waals surface area contributed by atoms with Crippen molar-refractivity contribution in [3.05, 3.63) is 0 Å². The van der Waals surface area contributed by atoms with Gasteiger partial charge in [-0.3, -0.25) is 19.4 Å². The Morgan fingerprint density at radius 2 is 1.67 bits per heavy atom. The van der Waals surface area contributed by atoms with E-state index in [1.165, 1.54) is 6.92 Å². The van der Waals surface area contributed by atoms with Crippen molar-refractivity contribution in [3.63, 3.8) is 0 Å². The van der Waals surface area contributed by atoms with Gasteiger partial charge in [-0.15, -0.1) is 0 Å². The summed E-state index contributed by atoms with van der Waals surface area (Å²) < 4.78 is 0. The molecule has 0 aliphatic heterocycles. The van der Waals surface area contributed by atoms with Gasteiger partial charge in [0.25, 0.3) is 0 Å². The molecule has 0 rings (SSSR count). The Hall–Kier alpha value is -2.93. The second kappa shape index (κ2) is 11.6. The molecule has 4 unspecified atom stereocenters. The molecule has 2 amide bonds. The van der Waals surface area contributed by atoms with Crippen LogP contribution in [-0.2, 0) is 19.2 Å². The zero-order chi connectivity index (χ0) is 21.1. The number of carbonyl (C=O) groups is 4. The molecule has 27 heavy (non-hydrogen) atoms. The van der Waals surface area contributed by atoms with Crippen molar-refractivity contribution in [2.24, 2.45) is 22.2 Å². The number of aliphatic hydroxyl groups excluding tert-OH is 1. The Labute approximate surface area is 155 Å². The minimum absolute atomic E-state index is 0.104. The minimum Gasteiger partial charge on any atom is -0.481 e. The summed E-state index contributed by atoms with van der Waals surface area (Å²) >= 11 is 0. The highest BCUT2D eigenvalue weighted by Gasteiger charge is 2.31. The molecule has 13 nitrogen and oxygen atoms in total. The third-order valence-electron chi connectivity index (χ3n) is 3.36. The van der Waals surface area contributed by atoms with Crippen LogP contribution in [0.25, 0.3) is 0 Å². The van der Waals surface area contributed by atoms with Gasteiger partial charge in [-0.25, -0.2) is 4.79 Å². The first-order valence-corrected chi connectivity index (χ1v) is 8.00. The number of carbonyl (C=O) groups excluding carboxylic acids is 2. The lowest BCUT2D eigenvalue weighted by Gasteiger charge is -2.24. The fourth-order valence-corrected chi connectivity index (χ4v) is 1.95. The monoisotopic (exact) mass is 390 g/mol. The number of nitrogens with one attached hydrogen (secondary N) is 2. The van der Waals surface area contributed by atoms with Gasteiger partial charge in [0.15, 0.2) is 5.96 Å². The van der Waals surface area contributed by atoms with E-state index in [1.807, 2.05) is 5.32 Å². The number of nitrogens with two attached hydrogens (primary N) is 3. The van der Waals surface area contributed by atoms with Crippen LogP contribution in [0.3, 0.4) is 0 Å². The average molecular weight is 390 g/mol. The van der Waals surface area contributed by atoms with E-state index in [2.05, 4.69) is 10.3 Å². The molecule has 0 bridgehead atoms. The molecule has 0 spiro atoms. The molecule has 4 atom stereocenters. The van der Waals surface area contributed by atoms with Gasteiger partial charge >= 0.3 is 11.9 Å². The second-order valence-corrected chi connectivity index (χ2v) is 5.78. The SMILES string of the molecule is CC(O)C(NC(=O)C(N)CCCN=C(N)N)C(=O)NC(CC(=O)O)C(=O)O. The quantitative estimate of drug-likeness (QED) is 0.0919. The van der Waals surface area contributed by atoms with Crippen molar-refractivity contribution in [1.29, 1.82) is 0 Å². The first-order valence-electron chi connectivity index (χ1n) is 8.00. The molecule has 0 aromatic rings. The van der Waals surface area contributed by atoms with Crippen molar-refractivity contribution in [3.8, 4) is 0 Å². The highest BCUT2D eigenvalue weighted by Crippen LogP contribution is 2.01. The van der Waals surface area contributed by atoms with E-state index in [1.54, 1.807) is 0 Å². The van der Waals surface area contributed by atoms with Gasteiger partial charge in [0.05, 0.1) is 18.6 Å². The summed E-state index contributed by atoms with van der Waals surface area (Å²) in [5, 5.41) is 31.5. The summed E-state index contributed by atoms with van der Waals surface area (Å²) in [5.41, 5.74) is 16.0. The molecule has 11 N–H and O–H groups in total. The number of aliphatic carboxylic acids is 2. The van der Waals surface area contributed by atoms with Gasteiger partial charge in [-0.2, -0.15) is 0 Å². The number of aliphatic imine (C=N–C) groups is 1. The fraction of sp³-hybridized carbons (Fsp3) is 0.643. The third-order valence-corrected chi connectivity index (χ3v) is 3.36. The zero-order valence-corrected chi connectivity index (χ0v) is 14.8. The van der Waals surface area contributed by atoms with E-state index in [9.17, 15) is 24.3 Å². The van der Waals surface area contributed by atoms with Crippen LogP contribution in [0.15, 0.2) is 4.99 Å². The molecular formula is C14H26N6O7. The van der Waals surface area contributed by atoms with Crippen molar-refractivity contribution in [2.75, 3.05) is 6.54 Å². The minimum atomic E-state index is -1.72. The molecule has 0 saturated carbocycles. The Kier molecular flexibility index (Phi) is 10.4. The molecule has 0 aliphatic carbocycles. The van der Waals surface area contributed by atoms with Crippen molar-refractivity contribution >= 4 is 29.7 Å².